The molecule has 1 amide bonds. The number of Topliss-reactive ketones (excluding diaryl/α,β-unsaturated/α-hetero) is 1. The summed E-state index contributed by atoms with van der Waals surface area (Å²) in [6.45, 7) is 14.5. The van der Waals surface area contributed by atoms with Gasteiger partial charge in [-0.2, -0.15) is 9.59 Å². The lowest BCUT2D eigenvalue weighted by atomic mass is 9.71. The molecule has 10 atom stereocenters. The standard InChI is InChI=1S/C40H65N3O9.CO2/c1-26-24-40(6,52-28(3)27(26)2)37(47)30(45)23-31-35-36(50-25-49-31)38(48-7)39(4,5)32(51-35)22-29(44)18-14-11-9-8-10-12-16-20-34(46)43-21-17-13-15-19-33(41)42;2-1-3/h8-10,12,16,20,27-29,31-32,35-38,44,47H,1,11,13-15,17-19,21-25H2,2-7H3,(H3,41,42)(H,43,46);/b9-8+,12-10+,20-16+;/t27-,28-,29-,31-,32-,35-,36+,37-,38-,40-;/m1./s1. The van der Waals surface area contributed by atoms with Crippen molar-refractivity contribution in [1.82, 2.24) is 5.32 Å². The molecule has 0 aromatic carbocycles. The number of fused-ring (bicyclic) bond motifs is 1. The molecule has 3 saturated heterocycles. The van der Waals surface area contributed by atoms with Gasteiger partial charge in [0.05, 0.1) is 36.4 Å². The number of amides is 1. The van der Waals surface area contributed by atoms with Crippen molar-refractivity contribution in [2.45, 2.75) is 153 Å². The molecule has 6 N–H and O–H groups in total. The highest BCUT2D eigenvalue weighted by Gasteiger charge is 2.56. The van der Waals surface area contributed by atoms with E-state index in [4.69, 9.17) is 44.4 Å². The van der Waals surface area contributed by atoms with Crippen molar-refractivity contribution in [2.24, 2.45) is 17.1 Å². The molecule has 0 saturated carbocycles. The van der Waals surface area contributed by atoms with Crippen LogP contribution in [0.3, 0.4) is 0 Å². The number of allylic oxidation sites excluding steroid dienone is 5. The highest BCUT2D eigenvalue weighted by molar-refractivity contribution is 5.87. The number of nitrogens with one attached hydrogen (secondary N) is 2. The predicted octanol–water partition coefficient (Wildman–Crippen LogP) is 4.24. The van der Waals surface area contributed by atoms with Crippen molar-refractivity contribution >= 4 is 23.7 Å². The predicted molar refractivity (Wildman–Crippen MR) is 206 cm³/mol. The first-order valence-electron chi connectivity index (χ1n) is 19.3. The first-order valence-corrected chi connectivity index (χ1v) is 19.3. The van der Waals surface area contributed by atoms with E-state index in [1.807, 2.05) is 45.9 Å². The number of carbonyl (C=O) groups excluding carboxylic acids is 4. The lowest BCUT2D eigenvalue weighted by molar-refractivity contribution is -0.328. The Labute approximate surface area is 326 Å². The number of ketones is 1. The molecule has 0 spiro atoms. The van der Waals surface area contributed by atoms with Gasteiger partial charge in [0.2, 0.25) is 5.91 Å². The number of unbranched alkanes of at least 4 members (excludes halogenated alkanes) is 3. The van der Waals surface area contributed by atoms with Crippen LogP contribution >= 0.6 is 0 Å². The molecule has 55 heavy (non-hydrogen) atoms. The molecular weight excluding hydrogens is 710 g/mol. The van der Waals surface area contributed by atoms with Crippen LogP contribution in [-0.2, 0) is 42.9 Å². The Bertz CT molecular complexity index is 1370. The fourth-order valence-electron chi connectivity index (χ4n) is 7.47. The van der Waals surface area contributed by atoms with E-state index in [1.54, 1.807) is 26.2 Å². The van der Waals surface area contributed by atoms with E-state index >= 15 is 0 Å². The molecule has 3 heterocycles. The van der Waals surface area contributed by atoms with Gasteiger partial charge in [-0.25, -0.2) is 0 Å². The van der Waals surface area contributed by atoms with Crippen LogP contribution in [0.2, 0.25) is 0 Å². The van der Waals surface area contributed by atoms with Gasteiger partial charge in [-0.05, 0) is 46.0 Å². The smallest absolute Gasteiger partial charge is 0.373 e. The summed E-state index contributed by atoms with van der Waals surface area (Å²) in [6.07, 6.45) is 12.3. The van der Waals surface area contributed by atoms with Crippen molar-refractivity contribution in [3.63, 3.8) is 0 Å². The maximum atomic E-state index is 13.5. The molecule has 0 bridgehead atoms. The fraction of sp³-hybridized carbons (Fsp3) is 0.707. The second kappa shape index (κ2) is 23.7. The van der Waals surface area contributed by atoms with Gasteiger partial charge in [0.15, 0.2) is 5.78 Å². The average Bonchev–Trinajstić information content (AvgIpc) is 3.11. The number of methoxy groups -OCH3 is 1. The molecule has 3 fully saturated rings. The van der Waals surface area contributed by atoms with Crippen molar-refractivity contribution in [3.05, 3.63) is 48.6 Å². The van der Waals surface area contributed by atoms with Crippen molar-refractivity contribution in [3.8, 4) is 0 Å². The Morgan fingerprint density at radius 3 is 2.42 bits per heavy atom. The van der Waals surface area contributed by atoms with Crippen LogP contribution in [0, 0.1) is 16.7 Å². The van der Waals surface area contributed by atoms with E-state index in [2.05, 4.69) is 11.9 Å². The Morgan fingerprint density at radius 2 is 1.76 bits per heavy atom. The van der Waals surface area contributed by atoms with Gasteiger partial charge in [-0.15, -0.1) is 0 Å². The summed E-state index contributed by atoms with van der Waals surface area (Å²) in [7, 11) is 1.63. The summed E-state index contributed by atoms with van der Waals surface area (Å²) in [4.78, 5) is 41.7. The molecule has 310 valence electrons. The Balaban J connectivity index is 0.00000337. The average molecular weight is 776 g/mol. The number of amidine groups is 1. The molecule has 0 aromatic rings. The zero-order valence-electron chi connectivity index (χ0n) is 33.5. The molecule has 0 radical (unpaired) electrons. The largest absolute Gasteiger partial charge is 0.393 e. The molecule has 3 aliphatic heterocycles. The maximum absolute atomic E-state index is 13.5. The van der Waals surface area contributed by atoms with E-state index in [1.165, 1.54) is 6.08 Å². The van der Waals surface area contributed by atoms with Crippen LogP contribution in [0.1, 0.15) is 98.8 Å². The summed E-state index contributed by atoms with van der Waals surface area (Å²) in [5, 5.41) is 32.3. The number of aliphatic hydroxyl groups excluding tert-OH is 2. The minimum absolute atomic E-state index is 0.0277. The van der Waals surface area contributed by atoms with Crippen LogP contribution in [0.5, 0.6) is 0 Å². The topological polar surface area (TPSA) is 217 Å². The summed E-state index contributed by atoms with van der Waals surface area (Å²) in [5.41, 5.74) is 4.70. The van der Waals surface area contributed by atoms with Gasteiger partial charge < -0.3 is 44.9 Å². The first kappa shape index (κ1) is 47.8. The van der Waals surface area contributed by atoms with E-state index in [-0.39, 0.29) is 49.2 Å². The quantitative estimate of drug-likeness (QED) is 0.0293. The monoisotopic (exact) mass is 775 g/mol. The Kier molecular flexibility index (Phi) is 20.6. The van der Waals surface area contributed by atoms with Crippen LogP contribution in [0.15, 0.2) is 48.6 Å². The second-order valence-corrected chi connectivity index (χ2v) is 15.6. The van der Waals surface area contributed by atoms with Gasteiger partial charge in [-0.3, -0.25) is 15.0 Å². The number of carbonyl (C=O) groups is 2. The lowest BCUT2D eigenvalue weighted by Gasteiger charge is -2.54. The number of hydrogen-bond acceptors (Lipinski definition) is 12. The van der Waals surface area contributed by atoms with E-state index < -0.39 is 53.4 Å². The van der Waals surface area contributed by atoms with Gasteiger partial charge in [0.25, 0.3) is 0 Å². The normalized spacial score (nSPS) is 30.3. The summed E-state index contributed by atoms with van der Waals surface area (Å²) < 4.78 is 30.7. The van der Waals surface area contributed by atoms with Crippen LogP contribution in [-0.4, -0.2) is 109 Å². The zero-order chi connectivity index (χ0) is 41.2. The third-order valence-corrected chi connectivity index (χ3v) is 10.9. The van der Waals surface area contributed by atoms with Crippen molar-refractivity contribution in [2.75, 3.05) is 20.4 Å². The highest BCUT2D eigenvalue weighted by Crippen LogP contribution is 2.45. The second-order valence-electron chi connectivity index (χ2n) is 15.6. The molecule has 3 aliphatic rings. The van der Waals surface area contributed by atoms with E-state index in [0.29, 0.717) is 32.2 Å². The molecule has 0 aromatic heterocycles. The summed E-state index contributed by atoms with van der Waals surface area (Å²) in [5.74, 6) is -0.209. The highest BCUT2D eigenvalue weighted by atomic mass is 16.7. The summed E-state index contributed by atoms with van der Waals surface area (Å²) >= 11 is 0. The third-order valence-electron chi connectivity index (χ3n) is 10.9. The van der Waals surface area contributed by atoms with Gasteiger partial charge >= 0.3 is 6.15 Å². The Morgan fingerprint density at radius 1 is 1.07 bits per heavy atom. The molecule has 0 unspecified atom stereocenters. The molecular formula is C41H65N3O11. The third kappa shape index (κ3) is 14.9. The molecule has 3 rings (SSSR count). The molecule has 0 aliphatic carbocycles. The van der Waals surface area contributed by atoms with Crippen molar-refractivity contribution < 1.29 is 53.1 Å². The SMILES string of the molecule is C=C1C[C@](C)([C@H](O)C(=O)C[C@H]2OCO[C@H]3[C@@H]2O[C@H](C[C@H](O)CCC/C=C/C=C/C=C/C(=O)NCCCCCC(=N)N)C(C)(C)[C@@H]3OC)O[C@H](C)[C@@H]1C.O=C=O. The first-order chi connectivity index (χ1) is 26.0. The van der Waals surface area contributed by atoms with E-state index in [9.17, 15) is 19.8 Å². The number of nitrogens with two attached hydrogens (primary N) is 1. The van der Waals surface area contributed by atoms with Crippen LogP contribution in [0.4, 0.5) is 0 Å². The zero-order valence-corrected chi connectivity index (χ0v) is 33.5. The van der Waals surface area contributed by atoms with Crippen molar-refractivity contribution in [1.29, 1.82) is 5.41 Å². The number of rotatable bonds is 20. The Hall–Kier alpha value is -3.33. The molecule has 14 heteroatoms. The number of ether oxygens (including phenoxy) is 5. The minimum atomic E-state index is -1.36. The minimum Gasteiger partial charge on any atom is -0.393 e. The van der Waals surface area contributed by atoms with E-state index in [0.717, 1.165) is 37.7 Å². The van der Waals surface area contributed by atoms with Crippen LogP contribution in [0.25, 0.3) is 0 Å². The number of aliphatic hydroxyl groups is 2. The van der Waals surface area contributed by atoms with Gasteiger partial charge in [-0.1, -0.05) is 69.7 Å². The fourth-order valence-corrected chi connectivity index (χ4v) is 7.47. The van der Waals surface area contributed by atoms with Crippen LogP contribution < -0.4 is 11.1 Å². The maximum Gasteiger partial charge on any atom is 0.373 e. The molecule has 14 nitrogen and oxygen atoms in total. The summed E-state index contributed by atoms with van der Waals surface area (Å²) in [6, 6.07) is 0. The van der Waals surface area contributed by atoms with Gasteiger partial charge in [0, 0.05) is 56.7 Å². The van der Waals surface area contributed by atoms with Gasteiger partial charge in [0.1, 0.15) is 30.7 Å². The lowest BCUT2D eigenvalue weighted by Crippen LogP contribution is -2.66. The number of hydrogen-bond donors (Lipinski definition) is 5.